The summed E-state index contributed by atoms with van der Waals surface area (Å²) >= 11 is 0. The summed E-state index contributed by atoms with van der Waals surface area (Å²) in [6.07, 6.45) is 0. The maximum absolute atomic E-state index is 10.7. The first kappa shape index (κ1) is 6.40. The zero-order valence-electron chi connectivity index (χ0n) is 5.47. The number of allylic oxidation sites excluding steroid dienone is 1. The number of hydrogen-bond donors (Lipinski definition) is 1. The normalized spacial score (nSPS) is 25.0. The van der Waals surface area contributed by atoms with E-state index in [0.717, 1.165) is 4.41 Å². The van der Waals surface area contributed by atoms with Crippen LogP contribution in [0.1, 0.15) is 6.92 Å². The molecular formula is C3H4N4O3S. The van der Waals surface area contributed by atoms with Gasteiger partial charge < -0.3 is 4.18 Å². The zero-order chi connectivity index (χ0) is 8.06. The summed E-state index contributed by atoms with van der Waals surface area (Å²) < 4.78 is 26.6. The number of rotatable bonds is 0. The van der Waals surface area contributed by atoms with Crippen LogP contribution in [0.2, 0.25) is 0 Å². The molecule has 1 N–H and O–H groups in total. The highest BCUT2D eigenvalue weighted by atomic mass is 32.2. The van der Waals surface area contributed by atoms with Crippen molar-refractivity contribution < 1.29 is 12.6 Å². The lowest BCUT2D eigenvalue weighted by atomic mass is 10.5. The Morgan fingerprint density at radius 3 is 2.91 bits per heavy atom. The molecule has 0 aromatic rings. The SMILES string of the molecule is CC1=C2OS(=O)(=O)N2NN=N1. The molecule has 0 bridgehead atoms. The Balaban J connectivity index is 2.44. The summed E-state index contributed by atoms with van der Waals surface area (Å²) in [5.41, 5.74) is 2.59. The van der Waals surface area contributed by atoms with Crippen molar-refractivity contribution in [2.75, 3.05) is 0 Å². The summed E-state index contributed by atoms with van der Waals surface area (Å²) in [7, 11) is -3.60. The van der Waals surface area contributed by atoms with E-state index in [0.29, 0.717) is 5.70 Å². The lowest BCUT2D eigenvalue weighted by Gasteiger charge is -2.33. The summed E-state index contributed by atoms with van der Waals surface area (Å²) in [5, 5.41) is 6.86. The van der Waals surface area contributed by atoms with E-state index in [1.807, 2.05) is 0 Å². The zero-order valence-corrected chi connectivity index (χ0v) is 6.29. The highest BCUT2D eigenvalue weighted by Crippen LogP contribution is 2.30. The van der Waals surface area contributed by atoms with Crippen molar-refractivity contribution in [2.24, 2.45) is 10.3 Å². The van der Waals surface area contributed by atoms with Gasteiger partial charge in [0.1, 0.15) is 5.70 Å². The van der Waals surface area contributed by atoms with E-state index in [1.54, 1.807) is 6.92 Å². The highest BCUT2D eigenvalue weighted by molar-refractivity contribution is 7.85. The van der Waals surface area contributed by atoms with Gasteiger partial charge in [0.25, 0.3) is 5.88 Å². The molecule has 2 aliphatic heterocycles. The maximum atomic E-state index is 10.7. The number of hydrogen-bond acceptors (Lipinski definition) is 6. The Kier molecular flexibility index (Phi) is 0.956. The van der Waals surface area contributed by atoms with Gasteiger partial charge in [0, 0.05) is 0 Å². The highest BCUT2D eigenvalue weighted by Gasteiger charge is 2.44. The molecule has 7 nitrogen and oxygen atoms in total. The fraction of sp³-hybridized carbons (Fsp3) is 0.333. The average Bonchev–Trinajstić information content (AvgIpc) is 1.92. The van der Waals surface area contributed by atoms with Crippen molar-refractivity contribution in [3.8, 4) is 0 Å². The van der Waals surface area contributed by atoms with Crippen molar-refractivity contribution >= 4 is 10.3 Å². The van der Waals surface area contributed by atoms with E-state index in [-0.39, 0.29) is 5.88 Å². The van der Waals surface area contributed by atoms with E-state index < -0.39 is 10.3 Å². The van der Waals surface area contributed by atoms with Gasteiger partial charge in [0.15, 0.2) is 0 Å². The van der Waals surface area contributed by atoms with E-state index in [9.17, 15) is 8.42 Å². The van der Waals surface area contributed by atoms with Crippen LogP contribution in [0, 0.1) is 0 Å². The molecule has 0 radical (unpaired) electrons. The van der Waals surface area contributed by atoms with Gasteiger partial charge in [-0.2, -0.15) is 14.0 Å². The summed E-state index contributed by atoms with van der Waals surface area (Å²) in [6.45, 7) is 1.60. The summed E-state index contributed by atoms with van der Waals surface area (Å²) in [6, 6.07) is 0. The van der Waals surface area contributed by atoms with Crippen LogP contribution in [-0.2, 0) is 14.5 Å². The van der Waals surface area contributed by atoms with Crippen LogP contribution in [0.4, 0.5) is 0 Å². The molecule has 0 amide bonds. The van der Waals surface area contributed by atoms with Gasteiger partial charge in [0.2, 0.25) is 0 Å². The fourth-order valence-corrected chi connectivity index (χ4v) is 1.60. The third kappa shape index (κ3) is 0.693. The Labute approximate surface area is 62.5 Å². The van der Waals surface area contributed by atoms with Crippen LogP contribution in [-0.4, -0.2) is 12.8 Å². The molecule has 60 valence electrons. The topological polar surface area (TPSA) is 83.4 Å². The number of fused-ring (bicyclic) bond motifs is 1. The van der Waals surface area contributed by atoms with Gasteiger partial charge in [0.05, 0.1) is 0 Å². The van der Waals surface area contributed by atoms with Gasteiger partial charge in [-0.05, 0) is 6.92 Å². The molecule has 1 fully saturated rings. The van der Waals surface area contributed by atoms with Gasteiger partial charge in [-0.1, -0.05) is 9.64 Å². The molecule has 0 spiro atoms. The molecule has 1 saturated heterocycles. The van der Waals surface area contributed by atoms with Crippen LogP contribution < -0.4 is 5.53 Å². The predicted molar refractivity (Wildman–Crippen MR) is 32.5 cm³/mol. The Bertz CT molecular complexity index is 355. The minimum Gasteiger partial charge on any atom is -0.342 e. The lowest BCUT2D eigenvalue weighted by molar-refractivity contribution is 0.138. The minimum atomic E-state index is -3.60. The molecule has 0 unspecified atom stereocenters. The van der Waals surface area contributed by atoms with E-state index in [2.05, 4.69) is 20.1 Å². The molecular weight excluding hydrogens is 172 g/mol. The standard InChI is InChI=1S/C3H4N4O3S/c1-2-3-7(6-5-4-2)11(8,9)10-3/h1H3,(H,4,6). The second-order valence-electron chi connectivity index (χ2n) is 2.00. The van der Waals surface area contributed by atoms with Gasteiger partial charge in [-0.3, -0.25) is 0 Å². The van der Waals surface area contributed by atoms with Crippen molar-refractivity contribution in [2.45, 2.75) is 6.92 Å². The molecule has 0 aliphatic carbocycles. The van der Waals surface area contributed by atoms with Crippen LogP contribution in [0.5, 0.6) is 0 Å². The van der Waals surface area contributed by atoms with E-state index in [1.165, 1.54) is 0 Å². The van der Waals surface area contributed by atoms with Crippen molar-refractivity contribution in [1.82, 2.24) is 9.95 Å². The molecule has 2 aliphatic rings. The van der Waals surface area contributed by atoms with Gasteiger partial charge in [-0.25, -0.2) is 0 Å². The van der Waals surface area contributed by atoms with Crippen LogP contribution >= 0.6 is 0 Å². The summed E-state index contributed by atoms with van der Waals surface area (Å²) in [4.78, 5) is 0. The van der Waals surface area contributed by atoms with Crippen LogP contribution in [0.25, 0.3) is 0 Å². The predicted octanol–water partition coefficient (Wildman–Crippen LogP) is -0.362. The summed E-state index contributed by atoms with van der Waals surface area (Å²) in [5.74, 6) is 0.181. The second kappa shape index (κ2) is 1.64. The monoisotopic (exact) mass is 176 g/mol. The van der Waals surface area contributed by atoms with Crippen LogP contribution in [0.3, 0.4) is 0 Å². The minimum absolute atomic E-state index is 0.181. The van der Waals surface area contributed by atoms with Crippen molar-refractivity contribution in [3.05, 3.63) is 11.6 Å². The maximum Gasteiger partial charge on any atom is 0.433 e. The molecule has 2 rings (SSSR count). The molecule has 0 saturated carbocycles. The third-order valence-electron chi connectivity index (χ3n) is 1.24. The number of nitrogens with zero attached hydrogens (tertiary/aromatic N) is 3. The molecule has 0 aromatic heterocycles. The van der Waals surface area contributed by atoms with Gasteiger partial charge in [-0.15, -0.1) is 5.11 Å². The Morgan fingerprint density at radius 2 is 2.36 bits per heavy atom. The average molecular weight is 176 g/mol. The molecule has 0 atom stereocenters. The molecule has 8 heteroatoms. The Morgan fingerprint density at radius 1 is 1.64 bits per heavy atom. The van der Waals surface area contributed by atoms with Crippen molar-refractivity contribution in [3.63, 3.8) is 0 Å². The quantitative estimate of drug-likeness (QED) is 0.546. The largest absolute Gasteiger partial charge is 0.433 e. The van der Waals surface area contributed by atoms with Gasteiger partial charge >= 0.3 is 10.3 Å². The second-order valence-corrected chi connectivity index (χ2v) is 3.38. The first-order valence-corrected chi connectivity index (χ1v) is 4.10. The lowest BCUT2D eigenvalue weighted by Crippen LogP contribution is -2.51. The fourth-order valence-electron chi connectivity index (χ4n) is 0.727. The van der Waals surface area contributed by atoms with Crippen molar-refractivity contribution in [1.29, 1.82) is 0 Å². The molecule has 2 heterocycles. The number of hydrazine groups is 1. The van der Waals surface area contributed by atoms with E-state index in [4.69, 9.17) is 0 Å². The first-order chi connectivity index (χ1) is 5.11. The van der Waals surface area contributed by atoms with Crippen LogP contribution in [0.15, 0.2) is 21.9 Å². The molecule has 11 heavy (non-hydrogen) atoms. The smallest absolute Gasteiger partial charge is 0.342 e. The third-order valence-corrected chi connectivity index (χ3v) is 2.30. The Hall–Kier alpha value is -1.31. The molecule has 0 aromatic carbocycles. The van der Waals surface area contributed by atoms with E-state index >= 15 is 0 Å². The first-order valence-electron chi connectivity index (χ1n) is 2.73. The number of nitrogens with one attached hydrogen (secondary N) is 1.